The maximum absolute atomic E-state index is 11.9. The molecule has 0 aliphatic rings. The lowest BCUT2D eigenvalue weighted by atomic mass is 10.1. The number of nitrogens with one attached hydrogen (secondary N) is 4. The number of rotatable bonds is 7. The highest BCUT2D eigenvalue weighted by Crippen LogP contribution is 2.04. The standard InChI is InChI=1S/C16H26N4O2.ClH/c1-11(2)20-16(22)19-10-13-5-7-14(8-6-13)15(21)18-9-12(3)17-4;/h5-8,11-12,17H,9-10H2,1-4H3,(H,18,21)(H2,19,20,22);1H. The number of hydrogen-bond acceptors (Lipinski definition) is 3. The average molecular weight is 343 g/mol. The molecule has 1 aromatic carbocycles. The molecule has 1 aromatic rings. The van der Waals surface area contributed by atoms with Crippen molar-refractivity contribution in [3.8, 4) is 0 Å². The van der Waals surface area contributed by atoms with E-state index in [0.29, 0.717) is 18.7 Å². The second-order valence-corrected chi connectivity index (χ2v) is 5.58. The summed E-state index contributed by atoms with van der Waals surface area (Å²) >= 11 is 0. The lowest BCUT2D eigenvalue weighted by molar-refractivity contribution is 0.0950. The average Bonchev–Trinajstić information content (AvgIpc) is 2.50. The maximum atomic E-state index is 11.9. The Labute approximate surface area is 144 Å². The van der Waals surface area contributed by atoms with Gasteiger partial charge in [-0.05, 0) is 45.5 Å². The van der Waals surface area contributed by atoms with Crippen LogP contribution in [0.1, 0.15) is 36.7 Å². The predicted molar refractivity (Wildman–Crippen MR) is 95.1 cm³/mol. The Balaban J connectivity index is 0.00000484. The van der Waals surface area contributed by atoms with Gasteiger partial charge in [-0.2, -0.15) is 0 Å². The first-order chi connectivity index (χ1) is 10.4. The van der Waals surface area contributed by atoms with Gasteiger partial charge in [0.2, 0.25) is 0 Å². The number of hydrogen-bond donors (Lipinski definition) is 4. The second-order valence-electron chi connectivity index (χ2n) is 5.58. The summed E-state index contributed by atoms with van der Waals surface area (Å²) in [4.78, 5) is 23.4. The molecule has 1 rings (SSSR count). The molecule has 0 bridgehead atoms. The lowest BCUT2D eigenvalue weighted by Crippen LogP contribution is -2.39. The molecule has 0 saturated carbocycles. The molecule has 1 atom stereocenters. The molecule has 7 heteroatoms. The van der Waals surface area contributed by atoms with E-state index in [-0.39, 0.29) is 36.4 Å². The van der Waals surface area contributed by atoms with Crippen molar-refractivity contribution in [2.24, 2.45) is 0 Å². The molecule has 0 aliphatic heterocycles. The van der Waals surface area contributed by atoms with Gasteiger partial charge in [-0.15, -0.1) is 12.4 Å². The third-order valence-corrected chi connectivity index (χ3v) is 3.15. The van der Waals surface area contributed by atoms with E-state index in [1.54, 1.807) is 12.1 Å². The molecule has 6 nitrogen and oxygen atoms in total. The van der Waals surface area contributed by atoms with Crippen LogP contribution in [-0.2, 0) is 6.54 Å². The van der Waals surface area contributed by atoms with Crippen LogP contribution in [0.25, 0.3) is 0 Å². The molecule has 0 spiro atoms. The monoisotopic (exact) mass is 342 g/mol. The maximum Gasteiger partial charge on any atom is 0.315 e. The van der Waals surface area contributed by atoms with Crippen molar-refractivity contribution in [3.05, 3.63) is 35.4 Å². The van der Waals surface area contributed by atoms with Crippen LogP contribution in [0.15, 0.2) is 24.3 Å². The summed E-state index contributed by atoms with van der Waals surface area (Å²) in [7, 11) is 1.86. The molecule has 0 radical (unpaired) electrons. The van der Waals surface area contributed by atoms with Gasteiger partial charge in [0.05, 0.1) is 0 Å². The molecule has 3 amide bonds. The van der Waals surface area contributed by atoms with Gasteiger partial charge in [0.15, 0.2) is 0 Å². The van der Waals surface area contributed by atoms with E-state index in [9.17, 15) is 9.59 Å². The van der Waals surface area contributed by atoms with Crippen molar-refractivity contribution in [2.45, 2.75) is 39.4 Å². The van der Waals surface area contributed by atoms with Crippen LogP contribution in [0.5, 0.6) is 0 Å². The summed E-state index contributed by atoms with van der Waals surface area (Å²) in [5, 5.41) is 11.4. The van der Waals surface area contributed by atoms with E-state index in [1.807, 2.05) is 40.0 Å². The van der Waals surface area contributed by atoms with Gasteiger partial charge in [0.25, 0.3) is 5.91 Å². The molecular weight excluding hydrogens is 316 g/mol. The minimum atomic E-state index is -0.196. The number of urea groups is 1. The molecule has 0 aromatic heterocycles. The third kappa shape index (κ3) is 8.42. The second kappa shape index (κ2) is 10.9. The Morgan fingerprint density at radius 3 is 2.17 bits per heavy atom. The van der Waals surface area contributed by atoms with Gasteiger partial charge >= 0.3 is 6.03 Å². The fourth-order valence-corrected chi connectivity index (χ4v) is 1.72. The molecule has 0 fully saturated rings. The molecule has 0 aliphatic carbocycles. The first-order valence-electron chi connectivity index (χ1n) is 7.51. The zero-order valence-electron chi connectivity index (χ0n) is 14.1. The van der Waals surface area contributed by atoms with Crippen LogP contribution >= 0.6 is 12.4 Å². The number of amides is 3. The van der Waals surface area contributed by atoms with E-state index in [4.69, 9.17) is 0 Å². The minimum absolute atomic E-state index is 0. The highest BCUT2D eigenvalue weighted by atomic mass is 35.5. The highest BCUT2D eigenvalue weighted by molar-refractivity contribution is 5.94. The summed E-state index contributed by atoms with van der Waals surface area (Å²) in [5.74, 6) is -0.0980. The molecule has 0 heterocycles. The fraction of sp³-hybridized carbons (Fsp3) is 0.500. The van der Waals surface area contributed by atoms with Gasteiger partial charge < -0.3 is 21.3 Å². The van der Waals surface area contributed by atoms with E-state index >= 15 is 0 Å². The number of benzene rings is 1. The molecule has 4 N–H and O–H groups in total. The van der Waals surface area contributed by atoms with E-state index in [0.717, 1.165) is 5.56 Å². The number of carbonyl (C=O) groups excluding carboxylic acids is 2. The van der Waals surface area contributed by atoms with Gasteiger partial charge in [-0.25, -0.2) is 4.79 Å². The van der Waals surface area contributed by atoms with Crippen LogP contribution in [0, 0.1) is 0 Å². The Morgan fingerprint density at radius 1 is 1.04 bits per heavy atom. The number of likely N-dealkylation sites (N-methyl/N-ethyl adjacent to an activating group) is 1. The van der Waals surface area contributed by atoms with Crippen LogP contribution in [0.4, 0.5) is 4.79 Å². The van der Waals surface area contributed by atoms with Gasteiger partial charge in [-0.1, -0.05) is 12.1 Å². The zero-order chi connectivity index (χ0) is 16.5. The normalized spacial score (nSPS) is 11.3. The van der Waals surface area contributed by atoms with Crippen LogP contribution in [0.2, 0.25) is 0 Å². The summed E-state index contributed by atoms with van der Waals surface area (Å²) in [6.45, 7) is 6.81. The van der Waals surface area contributed by atoms with E-state index < -0.39 is 0 Å². The Morgan fingerprint density at radius 2 is 1.65 bits per heavy atom. The summed E-state index contributed by atoms with van der Waals surface area (Å²) < 4.78 is 0. The number of halogens is 1. The highest BCUT2D eigenvalue weighted by Gasteiger charge is 2.07. The topological polar surface area (TPSA) is 82.3 Å². The molecule has 130 valence electrons. The van der Waals surface area contributed by atoms with Gasteiger partial charge in [0.1, 0.15) is 0 Å². The molecule has 0 saturated heterocycles. The first-order valence-corrected chi connectivity index (χ1v) is 7.51. The van der Waals surface area contributed by atoms with Crippen molar-refractivity contribution in [1.29, 1.82) is 0 Å². The molecular formula is C16H27ClN4O2. The van der Waals surface area contributed by atoms with Crippen molar-refractivity contribution < 1.29 is 9.59 Å². The third-order valence-electron chi connectivity index (χ3n) is 3.15. The van der Waals surface area contributed by atoms with Crippen molar-refractivity contribution in [3.63, 3.8) is 0 Å². The summed E-state index contributed by atoms with van der Waals surface area (Å²) in [6, 6.07) is 7.34. The van der Waals surface area contributed by atoms with Crippen molar-refractivity contribution in [1.82, 2.24) is 21.3 Å². The summed E-state index contributed by atoms with van der Waals surface area (Å²) in [5.41, 5.74) is 1.55. The Bertz CT molecular complexity index is 491. The molecule has 23 heavy (non-hydrogen) atoms. The predicted octanol–water partition coefficient (Wildman–Crippen LogP) is 1.65. The largest absolute Gasteiger partial charge is 0.350 e. The fourth-order valence-electron chi connectivity index (χ4n) is 1.72. The Kier molecular flexibility index (Phi) is 10.0. The van der Waals surface area contributed by atoms with Crippen molar-refractivity contribution >= 4 is 24.3 Å². The SMILES string of the molecule is CNC(C)CNC(=O)c1ccc(CNC(=O)NC(C)C)cc1.Cl. The lowest BCUT2D eigenvalue weighted by Gasteiger charge is -2.12. The first kappa shape index (κ1) is 21.2. The number of carbonyl (C=O) groups is 2. The van der Waals surface area contributed by atoms with E-state index in [2.05, 4.69) is 21.3 Å². The Hall–Kier alpha value is -1.79. The zero-order valence-corrected chi connectivity index (χ0v) is 14.9. The minimum Gasteiger partial charge on any atom is -0.350 e. The quantitative estimate of drug-likeness (QED) is 0.608. The molecule has 1 unspecified atom stereocenters. The van der Waals surface area contributed by atoms with E-state index in [1.165, 1.54) is 0 Å². The van der Waals surface area contributed by atoms with Gasteiger partial charge in [0, 0.05) is 30.7 Å². The smallest absolute Gasteiger partial charge is 0.315 e. The van der Waals surface area contributed by atoms with Gasteiger partial charge in [-0.3, -0.25) is 4.79 Å². The van der Waals surface area contributed by atoms with Crippen LogP contribution in [-0.4, -0.2) is 37.6 Å². The van der Waals surface area contributed by atoms with Crippen LogP contribution in [0.3, 0.4) is 0 Å². The summed E-state index contributed by atoms with van der Waals surface area (Å²) in [6.07, 6.45) is 0. The van der Waals surface area contributed by atoms with Crippen LogP contribution < -0.4 is 21.3 Å². The van der Waals surface area contributed by atoms with Crippen molar-refractivity contribution in [2.75, 3.05) is 13.6 Å².